The summed E-state index contributed by atoms with van der Waals surface area (Å²) in [4.78, 5) is 0. The van der Waals surface area contributed by atoms with E-state index in [9.17, 15) is 0 Å². The molecule has 4 aliphatic rings. The average Bonchev–Trinajstić information content (AvgIpc) is 2.36. The van der Waals surface area contributed by atoms with E-state index in [0.29, 0.717) is 0 Å². The molecule has 1 nitrogen and oxygen atoms in total. The van der Waals surface area contributed by atoms with E-state index in [0.717, 1.165) is 29.2 Å². The van der Waals surface area contributed by atoms with Gasteiger partial charge in [0.15, 0.2) is 0 Å². The Bertz CT molecular complexity index is 284. The minimum atomic E-state index is 0.733. The highest BCUT2D eigenvalue weighted by atomic mass is 14.9. The van der Waals surface area contributed by atoms with Gasteiger partial charge in [-0.05, 0) is 94.4 Å². The molecule has 4 fully saturated rings. The monoisotopic (exact) mass is 261 g/mol. The minimum Gasteiger partial charge on any atom is -0.317 e. The van der Waals surface area contributed by atoms with Crippen LogP contribution in [0.25, 0.3) is 0 Å². The molecule has 0 aromatic rings. The third-order valence-electron chi connectivity index (χ3n) is 6.21. The topological polar surface area (TPSA) is 12.0 Å². The number of unbranched alkanes of at least 4 members (excludes halogenated alkanes) is 1. The van der Waals surface area contributed by atoms with Crippen molar-refractivity contribution in [1.29, 1.82) is 0 Å². The van der Waals surface area contributed by atoms with E-state index in [2.05, 4.69) is 25.0 Å². The van der Waals surface area contributed by atoms with Crippen molar-refractivity contribution in [3.05, 3.63) is 12.7 Å². The molecule has 0 saturated heterocycles. The lowest BCUT2D eigenvalue weighted by Crippen LogP contribution is -2.48. The van der Waals surface area contributed by atoms with Crippen LogP contribution < -0.4 is 5.32 Å². The minimum absolute atomic E-state index is 0.733. The molecule has 0 spiro atoms. The zero-order chi connectivity index (χ0) is 13.3. The van der Waals surface area contributed by atoms with E-state index in [1.54, 1.807) is 38.5 Å². The van der Waals surface area contributed by atoms with E-state index in [1.807, 2.05) is 0 Å². The van der Waals surface area contributed by atoms with Crippen molar-refractivity contribution in [3.63, 3.8) is 0 Å². The highest BCUT2D eigenvalue weighted by Gasteiger charge is 2.51. The first-order valence-electron chi connectivity index (χ1n) is 8.51. The maximum atomic E-state index is 3.84. The van der Waals surface area contributed by atoms with Gasteiger partial charge in [-0.15, -0.1) is 6.58 Å². The van der Waals surface area contributed by atoms with Crippen molar-refractivity contribution < 1.29 is 0 Å². The molecule has 4 bridgehead atoms. The van der Waals surface area contributed by atoms with Gasteiger partial charge in [0.25, 0.3) is 0 Å². The van der Waals surface area contributed by atoms with Crippen molar-refractivity contribution >= 4 is 0 Å². The number of hydrogen-bond donors (Lipinski definition) is 1. The van der Waals surface area contributed by atoms with Gasteiger partial charge in [0, 0.05) is 6.04 Å². The Hall–Kier alpha value is -0.300. The van der Waals surface area contributed by atoms with Crippen LogP contribution in [0.1, 0.15) is 64.2 Å². The number of hydrogen-bond acceptors (Lipinski definition) is 1. The van der Waals surface area contributed by atoms with Crippen LogP contribution in [0.15, 0.2) is 12.7 Å². The Balaban J connectivity index is 1.59. The molecule has 4 rings (SSSR count). The van der Waals surface area contributed by atoms with E-state index in [1.165, 1.54) is 25.7 Å². The molecule has 1 N–H and O–H groups in total. The summed E-state index contributed by atoms with van der Waals surface area (Å²) in [6, 6.07) is 0.746. The SMILES string of the molecule is C=CCCCC(CC12CC3CC(CC(C3)C1)C2)NC. The van der Waals surface area contributed by atoms with Gasteiger partial charge in [-0.1, -0.05) is 6.08 Å². The lowest BCUT2D eigenvalue weighted by Gasteiger charge is -2.57. The lowest BCUT2D eigenvalue weighted by atomic mass is 9.48. The van der Waals surface area contributed by atoms with E-state index < -0.39 is 0 Å². The standard InChI is InChI=1S/C18H31N/c1-3-4-5-6-17(19-2)13-18-10-14-7-15(11-18)9-16(8-14)12-18/h3,14-17,19H,1,4-13H2,2H3. The quantitative estimate of drug-likeness (QED) is 0.524. The maximum Gasteiger partial charge on any atom is 0.00694 e. The first-order valence-corrected chi connectivity index (χ1v) is 8.51. The molecule has 0 radical (unpaired) electrons. The molecule has 0 aromatic heterocycles. The van der Waals surface area contributed by atoms with Crippen molar-refractivity contribution in [3.8, 4) is 0 Å². The number of nitrogens with one attached hydrogen (secondary N) is 1. The molecular formula is C18H31N. The van der Waals surface area contributed by atoms with Crippen LogP contribution in [0.4, 0.5) is 0 Å². The van der Waals surface area contributed by atoms with Gasteiger partial charge < -0.3 is 5.32 Å². The zero-order valence-electron chi connectivity index (χ0n) is 12.7. The second-order valence-corrected chi connectivity index (χ2v) is 7.83. The third kappa shape index (κ3) is 2.91. The van der Waals surface area contributed by atoms with Gasteiger partial charge >= 0.3 is 0 Å². The first-order chi connectivity index (χ1) is 9.23. The molecule has 19 heavy (non-hydrogen) atoms. The Morgan fingerprint density at radius 3 is 2.21 bits per heavy atom. The van der Waals surface area contributed by atoms with Crippen LogP contribution in [0.2, 0.25) is 0 Å². The van der Waals surface area contributed by atoms with Crippen molar-refractivity contribution in [2.75, 3.05) is 7.05 Å². The molecule has 4 saturated carbocycles. The third-order valence-corrected chi connectivity index (χ3v) is 6.21. The van der Waals surface area contributed by atoms with E-state index in [-0.39, 0.29) is 0 Å². The second-order valence-electron chi connectivity index (χ2n) is 7.83. The van der Waals surface area contributed by atoms with Gasteiger partial charge in [0.1, 0.15) is 0 Å². The van der Waals surface area contributed by atoms with E-state index in [4.69, 9.17) is 0 Å². The summed E-state index contributed by atoms with van der Waals surface area (Å²) < 4.78 is 0. The molecule has 0 aliphatic heterocycles. The first kappa shape index (κ1) is 13.7. The van der Waals surface area contributed by atoms with E-state index >= 15 is 0 Å². The van der Waals surface area contributed by atoms with Gasteiger partial charge in [0.2, 0.25) is 0 Å². The molecule has 0 heterocycles. The summed E-state index contributed by atoms with van der Waals surface area (Å²) in [6.45, 7) is 3.84. The predicted octanol–water partition coefficient (Wildman–Crippen LogP) is 4.54. The number of rotatable bonds is 7. The van der Waals surface area contributed by atoms with Crippen LogP contribution >= 0.6 is 0 Å². The predicted molar refractivity (Wildman–Crippen MR) is 82.1 cm³/mol. The average molecular weight is 261 g/mol. The van der Waals surface area contributed by atoms with Crippen LogP contribution in [0, 0.1) is 23.2 Å². The fraction of sp³-hybridized carbons (Fsp3) is 0.889. The molecule has 0 aromatic carbocycles. The van der Waals surface area contributed by atoms with Crippen LogP contribution in [0.5, 0.6) is 0 Å². The molecule has 4 aliphatic carbocycles. The van der Waals surface area contributed by atoms with Crippen LogP contribution in [-0.4, -0.2) is 13.1 Å². The molecule has 0 amide bonds. The summed E-state index contributed by atoms with van der Waals surface area (Å²) in [5.74, 6) is 3.28. The normalized spacial score (nSPS) is 41.4. The van der Waals surface area contributed by atoms with Crippen LogP contribution in [0.3, 0.4) is 0 Å². The Kier molecular flexibility index (Phi) is 4.03. The van der Waals surface area contributed by atoms with Gasteiger partial charge in [-0.3, -0.25) is 0 Å². The zero-order valence-corrected chi connectivity index (χ0v) is 12.7. The summed E-state index contributed by atoms with van der Waals surface area (Å²) in [5.41, 5.74) is 0.733. The highest BCUT2D eigenvalue weighted by Crippen LogP contribution is 2.61. The van der Waals surface area contributed by atoms with Crippen molar-refractivity contribution in [1.82, 2.24) is 5.32 Å². The van der Waals surface area contributed by atoms with Gasteiger partial charge in [0.05, 0.1) is 0 Å². The summed E-state index contributed by atoms with van der Waals surface area (Å²) >= 11 is 0. The van der Waals surface area contributed by atoms with Gasteiger partial charge in [-0.2, -0.15) is 0 Å². The smallest absolute Gasteiger partial charge is 0.00694 e. The molecule has 1 atom stereocenters. The fourth-order valence-electron chi connectivity index (χ4n) is 5.92. The van der Waals surface area contributed by atoms with Gasteiger partial charge in [-0.25, -0.2) is 0 Å². The maximum absolute atomic E-state index is 3.84. The van der Waals surface area contributed by atoms with Crippen LogP contribution in [-0.2, 0) is 0 Å². The summed E-state index contributed by atoms with van der Waals surface area (Å²) in [5, 5.41) is 3.60. The second kappa shape index (κ2) is 5.60. The largest absolute Gasteiger partial charge is 0.317 e. The molecular weight excluding hydrogens is 230 g/mol. The fourth-order valence-corrected chi connectivity index (χ4v) is 5.92. The highest BCUT2D eigenvalue weighted by molar-refractivity contribution is 5.02. The summed E-state index contributed by atoms with van der Waals surface area (Å²) in [7, 11) is 2.17. The Labute approximate surface area is 119 Å². The Morgan fingerprint density at radius 2 is 1.74 bits per heavy atom. The molecule has 1 unspecified atom stereocenters. The lowest BCUT2D eigenvalue weighted by molar-refractivity contribution is -0.0621. The molecule has 1 heteroatoms. The van der Waals surface area contributed by atoms with Crippen molar-refractivity contribution in [2.45, 2.75) is 70.3 Å². The van der Waals surface area contributed by atoms with Crippen molar-refractivity contribution in [2.24, 2.45) is 23.2 Å². The summed E-state index contributed by atoms with van der Waals surface area (Å²) in [6.07, 6.45) is 16.7. The number of allylic oxidation sites excluding steroid dienone is 1. The Morgan fingerprint density at radius 1 is 1.16 bits per heavy atom. The molecule has 108 valence electrons.